The van der Waals surface area contributed by atoms with Gasteiger partial charge in [-0.1, -0.05) is 12.1 Å². The van der Waals surface area contributed by atoms with Crippen molar-refractivity contribution in [1.29, 1.82) is 0 Å². The third kappa shape index (κ3) is 4.31. The third-order valence-electron chi connectivity index (χ3n) is 3.88. The summed E-state index contributed by atoms with van der Waals surface area (Å²) in [7, 11) is 0. The molecule has 0 bridgehead atoms. The molecule has 124 valence electrons. The lowest BCUT2D eigenvalue weighted by atomic mass is 10.1. The molecule has 1 amide bonds. The van der Waals surface area contributed by atoms with Crippen LogP contribution in [0.5, 0.6) is 0 Å². The topological polar surface area (TPSA) is 41.1 Å². The predicted octanol–water partition coefficient (Wildman–Crippen LogP) is 3.77. The molecule has 1 aromatic heterocycles. The van der Waals surface area contributed by atoms with Gasteiger partial charge in [-0.05, 0) is 55.6 Å². The Bertz CT molecular complexity index is 666. The Morgan fingerprint density at radius 3 is 2.74 bits per heavy atom. The molecule has 23 heavy (non-hydrogen) atoms. The van der Waals surface area contributed by atoms with Gasteiger partial charge in [-0.15, -0.1) is 23.7 Å². The van der Waals surface area contributed by atoms with Gasteiger partial charge in [0.1, 0.15) is 5.82 Å². The summed E-state index contributed by atoms with van der Waals surface area (Å²) in [5, 5.41) is 6.38. The summed E-state index contributed by atoms with van der Waals surface area (Å²) in [6, 6.07) is 8.51. The third-order valence-corrected chi connectivity index (χ3v) is 5.17. The molecule has 0 spiro atoms. The molecule has 2 N–H and O–H groups in total. The number of thiophene rings is 1. The highest BCUT2D eigenvalue weighted by molar-refractivity contribution is 7.17. The number of aryl methyl sites for hydroxylation is 1. The van der Waals surface area contributed by atoms with Crippen LogP contribution in [0.25, 0.3) is 10.4 Å². The number of nitrogens with one attached hydrogen (secondary N) is 2. The molecule has 1 fully saturated rings. The fourth-order valence-corrected chi connectivity index (χ4v) is 3.79. The standard InChI is InChI=1S/C17H19FN2OS.ClH/c1-11-9-15(17(21)20-14-3-2-8-19-10-14)22-16(11)12-4-6-13(18)7-5-12;/h4-7,9,14,19H,2-3,8,10H2,1H3,(H,20,21);1H. The summed E-state index contributed by atoms with van der Waals surface area (Å²) in [6.45, 7) is 3.84. The Hall–Kier alpha value is -1.43. The SMILES string of the molecule is Cc1cc(C(=O)NC2CCCNC2)sc1-c1ccc(F)cc1.Cl. The Kier molecular flexibility index (Phi) is 6.16. The Morgan fingerprint density at radius 2 is 2.09 bits per heavy atom. The van der Waals surface area contributed by atoms with Gasteiger partial charge in [0.2, 0.25) is 0 Å². The molecule has 2 aromatic rings. The minimum Gasteiger partial charge on any atom is -0.347 e. The first-order chi connectivity index (χ1) is 10.6. The van der Waals surface area contributed by atoms with Gasteiger partial charge >= 0.3 is 0 Å². The molecule has 6 heteroatoms. The van der Waals surface area contributed by atoms with Crippen LogP contribution in [0.3, 0.4) is 0 Å². The van der Waals surface area contributed by atoms with Crippen LogP contribution in [0, 0.1) is 12.7 Å². The number of hydrogen-bond acceptors (Lipinski definition) is 3. The maximum absolute atomic E-state index is 13.0. The Balaban J connectivity index is 0.00000192. The van der Waals surface area contributed by atoms with Crippen LogP contribution in [0.4, 0.5) is 4.39 Å². The lowest BCUT2D eigenvalue weighted by Gasteiger charge is -2.23. The van der Waals surface area contributed by atoms with E-state index in [0.29, 0.717) is 4.88 Å². The van der Waals surface area contributed by atoms with E-state index in [1.165, 1.54) is 23.5 Å². The largest absolute Gasteiger partial charge is 0.347 e. The van der Waals surface area contributed by atoms with Gasteiger partial charge in [0.15, 0.2) is 0 Å². The molecule has 0 saturated carbocycles. The van der Waals surface area contributed by atoms with Crippen molar-refractivity contribution in [3.8, 4) is 10.4 Å². The number of hydrogen-bond donors (Lipinski definition) is 2. The minimum absolute atomic E-state index is 0. The zero-order chi connectivity index (χ0) is 15.5. The second kappa shape index (κ2) is 7.90. The monoisotopic (exact) mass is 354 g/mol. The van der Waals surface area contributed by atoms with E-state index in [2.05, 4.69) is 10.6 Å². The van der Waals surface area contributed by atoms with Crippen LogP contribution in [0.2, 0.25) is 0 Å². The van der Waals surface area contributed by atoms with Crippen LogP contribution >= 0.6 is 23.7 Å². The highest BCUT2D eigenvalue weighted by Gasteiger charge is 2.19. The number of piperidine rings is 1. The van der Waals surface area contributed by atoms with Gasteiger partial charge in [0.25, 0.3) is 5.91 Å². The molecule has 0 aliphatic carbocycles. The van der Waals surface area contributed by atoms with Crippen molar-refractivity contribution in [3.63, 3.8) is 0 Å². The summed E-state index contributed by atoms with van der Waals surface area (Å²) in [5.41, 5.74) is 1.99. The first-order valence-electron chi connectivity index (χ1n) is 7.51. The average Bonchev–Trinajstić information content (AvgIpc) is 2.91. The van der Waals surface area contributed by atoms with Crippen LogP contribution in [-0.4, -0.2) is 25.0 Å². The number of rotatable bonds is 3. The van der Waals surface area contributed by atoms with Crippen LogP contribution in [0.15, 0.2) is 30.3 Å². The van der Waals surface area contributed by atoms with E-state index in [1.807, 2.05) is 13.0 Å². The van der Waals surface area contributed by atoms with Gasteiger partial charge in [0, 0.05) is 17.5 Å². The van der Waals surface area contributed by atoms with Gasteiger partial charge in [-0.25, -0.2) is 4.39 Å². The minimum atomic E-state index is -0.249. The van der Waals surface area contributed by atoms with E-state index in [9.17, 15) is 9.18 Å². The van der Waals surface area contributed by atoms with Crippen molar-refractivity contribution < 1.29 is 9.18 Å². The molecule has 1 atom stereocenters. The van der Waals surface area contributed by atoms with Gasteiger partial charge in [0.05, 0.1) is 4.88 Å². The van der Waals surface area contributed by atoms with Crippen molar-refractivity contribution in [1.82, 2.24) is 10.6 Å². The first kappa shape index (κ1) is 17.9. The maximum atomic E-state index is 13.0. The number of carbonyl (C=O) groups excluding carboxylic acids is 1. The zero-order valence-electron chi connectivity index (χ0n) is 12.9. The van der Waals surface area contributed by atoms with Gasteiger partial charge in [-0.3, -0.25) is 4.79 Å². The van der Waals surface area contributed by atoms with Crippen molar-refractivity contribution >= 4 is 29.7 Å². The summed E-state index contributed by atoms with van der Waals surface area (Å²) in [4.78, 5) is 14.1. The predicted molar refractivity (Wildman–Crippen MR) is 95.1 cm³/mol. The number of benzene rings is 1. The van der Waals surface area contributed by atoms with Crippen molar-refractivity contribution in [3.05, 3.63) is 46.6 Å². The Morgan fingerprint density at radius 1 is 1.35 bits per heavy atom. The van der Waals surface area contributed by atoms with E-state index in [-0.39, 0.29) is 30.2 Å². The summed E-state index contributed by atoms with van der Waals surface area (Å²) in [6.07, 6.45) is 2.11. The lowest BCUT2D eigenvalue weighted by molar-refractivity contribution is 0.0935. The number of amides is 1. The normalized spacial score (nSPS) is 17.4. The fraction of sp³-hybridized carbons (Fsp3) is 0.353. The van der Waals surface area contributed by atoms with Gasteiger partial charge < -0.3 is 10.6 Å². The molecule has 3 rings (SSSR count). The van der Waals surface area contributed by atoms with E-state index in [0.717, 1.165) is 41.9 Å². The zero-order valence-corrected chi connectivity index (χ0v) is 14.5. The molecule has 1 unspecified atom stereocenters. The van der Waals surface area contributed by atoms with E-state index >= 15 is 0 Å². The summed E-state index contributed by atoms with van der Waals surface area (Å²) in [5.74, 6) is -0.268. The van der Waals surface area contributed by atoms with E-state index in [4.69, 9.17) is 0 Å². The van der Waals surface area contributed by atoms with Crippen molar-refractivity contribution in [2.45, 2.75) is 25.8 Å². The highest BCUT2D eigenvalue weighted by Crippen LogP contribution is 2.32. The molecule has 2 heterocycles. The molecule has 1 aromatic carbocycles. The first-order valence-corrected chi connectivity index (χ1v) is 8.33. The van der Waals surface area contributed by atoms with Crippen molar-refractivity contribution in [2.24, 2.45) is 0 Å². The smallest absolute Gasteiger partial charge is 0.261 e. The van der Waals surface area contributed by atoms with Crippen molar-refractivity contribution in [2.75, 3.05) is 13.1 Å². The fourth-order valence-electron chi connectivity index (χ4n) is 2.71. The molecule has 1 aliphatic rings. The summed E-state index contributed by atoms with van der Waals surface area (Å²) >= 11 is 1.46. The number of carbonyl (C=O) groups is 1. The Labute approximate surface area is 145 Å². The molecule has 1 saturated heterocycles. The van der Waals surface area contributed by atoms with Crippen LogP contribution in [-0.2, 0) is 0 Å². The quantitative estimate of drug-likeness (QED) is 0.881. The molecule has 3 nitrogen and oxygen atoms in total. The highest BCUT2D eigenvalue weighted by atomic mass is 35.5. The maximum Gasteiger partial charge on any atom is 0.261 e. The molecule has 0 radical (unpaired) electrons. The average molecular weight is 355 g/mol. The molecular weight excluding hydrogens is 335 g/mol. The lowest BCUT2D eigenvalue weighted by Crippen LogP contribution is -2.45. The summed E-state index contributed by atoms with van der Waals surface area (Å²) < 4.78 is 13.0. The number of halogens is 2. The van der Waals surface area contributed by atoms with E-state index < -0.39 is 0 Å². The van der Waals surface area contributed by atoms with Gasteiger partial charge in [-0.2, -0.15) is 0 Å². The molecular formula is C17H20ClFN2OS. The molecule has 1 aliphatic heterocycles. The van der Waals surface area contributed by atoms with Crippen LogP contribution in [0.1, 0.15) is 28.1 Å². The van der Waals surface area contributed by atoms with E-state index in [1.54, 1.807) is 12.1 Å². The van der Waals surface area contributed by atoms with Crippen LogP contribution < -0.4 is 10.6 Å². The second-order valence-electron chi connectivity index (χ2n) is 5.65. The second-order valence-corrected chi connectivity index (χ2v) is 6.70.